The fraction of sp³-hybridized carbons (Fsp3) is 0.429. The van der Waals surface area contributed by atoms with Crippen molar-refractivity contribution in [1.29, 1.82) is 0 Å². The van der Waals surface area contributed by atoms with E-state index in [0.717, 1.165) is 13.0 Å². The lowest BCUT2D eigenvalue weighted by Gasteiger charge is -2.15. The first-order chi connectivity index (χ1) is 9.95. The van der Waals surface area contributed by atoms with Gasteiger partial charge >= 0.3 is 5.97 Å². The van der Waals surface area contributed by atoms with Gasteiger partial charge < -0.3 is 10.4 Å². The molecule has 1 amide bonds. The maximum absolute atomic E-state index is 12.0. The lowest BCUT2D eigenvalue weighted by molar-refractivity contribution is -0.138. The van der Waals surface area contributed by atoms with Crippen LogP contribution in [-0.2, 0) is 9.59 Å². The standard InChI is InChI=1S/C14H16Cl2N2O3/c15-10-2-1-3-11(14(10)16)17-12(19)8-18-5-4-9(7-18)6-13(20)21/h1-3,9H,4-8H2,(H,17,19)(H,20,21). The molecular weight excluding hydrogens is 315 g/mol. The van der Waals surface area contributed by atoms with Crippen LogP contribution < -0.4 is 5.32 Å². The van der Waals surface area contributed by atoms with E-state index in [1.807, 2.05) is 4.90 Å². The van der Waals surface area contributed by atoms with Gasteiger partial charge in [-0.1, -0.05) is 29.3 Å². The summed E-state index contributed by atoms with van der Waals surface area (Å²) < 4.78 is 0. The van der Waals surface area contributed by atoms with Crippen molar-refractivity contribution in [3.8, 4) is 0 Å². The van der Waals surface area contributed by atoms with Crippen molar-refractivity contribution in [2.75, 3.05) is 25.0 Å². The number of carboxylic acid groups (broad SMARTS) is 1. The molecule has 21 heavy (non-hydrogen) atoms. The molecule has 0 radical (unpaired) electrons. The van der Waals surface area contributed by atoms with Gasteiger partial charge in [0.25, 0.3) is 0 Å². The Balaban J connectivity index is 1.85. The molecule has 1 aromatic carbocycles. The first-order valence-electron chi connectivity index (χ1n) is 6.63. The van der Waals surface area contributed by atoms with Crippen LogP contribution in [0, 0.1) is 5.92 Å². The Labute approximate surface area is 132 Å². The third-order valence-electron chi connectivity index (χ3n) is 3.43. The van der Waals surface area contributed by atoms with E-state index in [4.69, 9.17) is 28.3 Å². The van der Waals surface area contributed by atoms with Crippen molar-refractivity contribution in [1.82, 2.24) is 4.90 Å². The molecule has 0 bridgehead atoms. The van der Waals surface area contributed by atoms with Crippen LogP contribution in [0.1, 0.15) is 12.8 Å². The second-order valence-electron chi connectivity index (χ2n) is 5.14. The molecule has 0 saturated carbocycles. The molecule has 2 rings (SSSR count). The van der Waals surface area contributed by atoms with Crippen LogP contribution in [0.25, 0.3) is 0 Å². The van der Waals surface area contributed by atoms with Gasteiger partial charge in [-0.25, -0.2) is 0 Å². The highest BCUT2D eigenvalue weighted by Crippen LogP contribution is 2.29. The zero-order valence-electron chi connectivity index (χ0n) is 11.3. The monoisotopic (exact) mass is 330 g/mol. The van der Waals surface area contributed by atoms with Crippen molar-refractivity contribution in [3.05, 3.63) is 28.2 Å². The van der Waals surface area contributed by atoms with Crippen LogP contribution >= 0.6 is 23.2 Å². The molecular formula is C14H16Cl2N2O3. The third-order valence-corrected chi connectivity index (χ3v) is 4.25. The van der Waals surface area contributed by atoms with Gasteiger partial charge in [0.1, 0.15) is 0 Å². The number of aliphatic carboxylic acids is 1. The van der Waals surface area contributed by atoms with Crippen LogP contribution in [-0.4, -0.2) is 41.5 Å². The molecule has 0 spiro atoms. The predicted molar refractivity (Wildman–Crippen MR) is 81.9 cm³/mol. The predicted octanol–water partition coefficient (Wildman–Crippen LogP) is 2.73. The quantitative estimate of drug-likeness (QED) is 0.870. The van der Waals surface area contributed by atoms with Gasteiger partial charge in [0.15, 0.2) is 0 Å². The number of amides is 1. The fourth-order valence-electron chi connectivity index (χ4n) is 2.46. The number of carboxylic acids is 1. The average Bonchev–Trinajstić information content (AvgIpc) is 2.81. The molecule has 1 aliphatic rings. The molecule has 0 aliphatic carbocycles. The summed E-state index contributed by atoms with van der Waals surface area (Å²) in [7, 11) is 0. The molecule has 0 aromatic heterocycles. The number of carbonyl (C=O) groups is 2. The van der Waals surface area contributed by atoms with E-state index in [9.17, 15) is 9.59 Å². The molecule has 1 aliphatic heterocycles. The number of carbonyl (C=O) groups excluding carboxylic acids is 1. The van der Waals surface area contributed by atoms with Crippen LogP contribution in [0.15, 0.2) is 18.2 Å². The number of anilines is 1. The van der Waals surface area contributed by atoms with Crippen LogP contribution in [0.4, 0.5) is 5.69 Å². The highest BCUT2D eigenvalue weighted by molar-refractivity contribution is 6.43. The number of rotatable bonds is 5. The number of hydrogen-bond acceptors (Lipinski definition) is 3. The molecule has 2 N–H and O–H groups in total. The highest BCUT2D eigenvalue weighted by atomic mass is 35.5. The second-order valence-corrected chi connectivity index (χ2v) is 5.92. The summed E-state index contributed by atoms with van der Waals surface area (Å²) in [4.78, 5) is 24.6. The Morgan fingerprint density at radius 2 is 2.14 bits per heavy atom. The van der Waals surface area contributed by atoms with Crippen molar-refractivity contribution in [2.24, 2.45) is 5.92 Å². The summed E-state index contributed by atoms with van der Waals surface area (Å²) in [5, 5.41) is 12.2. The second kappa shape index (κ2) is 7.11. The molecule has 1 saturated heterocycles. The minimum Gasteiger partial charge on any atom is -0.481 e. The highest BCUT2D eigenvalue weighted by Gasteiger charge is 2.25. The molecule has 1 atom stereocenters. The van der Waals surface area contributed by atoms with Crippen LogP contribution in [0.5, 0.6) is 0 Å². The Bertz CT molecular complexity index is 551. The summed E-state index contributed by atoms with van der Waals surface area (Å²) in [5.74, 6) is -0.864. The topological polar surface area (TPSA) is 69.6 Å². The lowest BCUT2D eigenvalue weighted by Crippen LogP contribution is -2.31. The van der Waals surface area contributed by atoms with Gasteiger partial charge in [-0.05, 0) is 31.0 Å². The largest absolute Gasteiger partial charge is 0.481 e. The van der Waals surface area contributed by atoms with Crippen molar-refractivity contribution in [2.45, 2.75) is 12.8 Å². The number of hydrogen-bond donors (Lipinski definition) is 2. The maximum atomic E-state index is 12.0. The maximum Gasteiger partial charge on any atom is 0.303 e. The molecule has 1 heterocycles. The smallest absolute Gasteiger partial charge is 0.303 e. The van der Waals surface area contributed by atoms with E-state index in [2.05, 4.69) is 5.32 Å². The first-order valence-corrected chi connectivity index (χ1v) is 7.39. The van der Waals surface area contributed by atoms with Gasteiger partial charge in [0.05, 0.1) is 22.3 Å². The average molecular weight is 331 g/mol. The molecule has 1 unspecified atom stereocenters. The summed E-state index contributed by atoms with van der Waals surface area (Å²) in [6.45, 7) is 1.58. The Kier molecular flexibility index (Phi) is 5.45. The van der Waals surface area contributed by atoms with Gasteiger partial charge in [-0.2, -0.15) is 0 Å². The minimum absolute atomic E-state index is 0.116. The van der Waals surface area contributed by atoms with Crippen LogP contribution in [0.2, 0.25) is 10.0 Å². The van der Waals surface area contributed by atoms with E-state index in [-0.39, 0.29) is 24.8 Å². The van der Waals surface area contributed by atoms with Crippen molar-refractivity contribution >= 4 is 40.8 Å². The van der Waals surface area contributed by atoms with Crippen LogP contribution in [0.3, 0.4) is 0 Å². The number of benzene rings is 1. The number of likely N-dealkylation sites (tertiary alicyclic amines) is 1. The van der Waals surface area contributed by atoms with E-state index in [1.54, 1.807) is 18.2 Å². The fourth-order valence-corrected chi connectivity index (χ4v) is 2.81. The first kappa shape index (κ1) is 16.1. The van der Waals surface area contributed by atoms with E-state index < -0.39 is 5.97 Å². The summed E-state index contributed by atoms with van der Waals surface area (Å²) in [5.41, 5.74) is 0.482. The van der Waals surface area contributed by atoms with E-state index >= 15 is 0 Å². The Morgan fingerprint density at radius 3 is 2.86 bits per heavy atom. The molecule has 7 heteroatoms. The van der Waals surface area contributed by atoms with E-state index in [1.165, 1.54) is 0 Å². The third kappa shape index (κ3) is 4.59. The van der Waals surface area contributed by atoms with Gasteiger partial charge in [-0.15, -0.1) is 0 Å². The summed E-state index contributed by atoms with van der Waals surface area (Å²) >= 11 is 11.9. The molecule has 1 aromatic rings. The Morgan fingerprint density at radius 1 is 1.38 bits per heavy atom. The van der Waals surface area contributed by atoms with Crippen molar-refractivity contribution < 1.29 is 14.7 Å². The SMILES string of the molecule is O=C(O)CC1CCN(CC(=O)Nc2cccc(Cl)c2Cl)C1. The Hall–Kier alpha value is -1.30. The van der Waals surface area contributed by atoms with E-state index in [0.29, 0.717) is 22.3 Å². The number of nitrogens with zero attached hydrogens (tertiary/aromatic N) is 1. The summed E-state index contributed by atoms with van der Waals surface area (Å²) in [6, 6.07) is 5.04. The van der Waals surface area contributed by atoms with Crippen molar-refractivity contribution in [3.63, 3.8) is 0 Å². The number of nitrogens with one attached hydrogen (secondary N) is 1. The normalized spacial score (nSPS) is 18.7. The van der Waals surface area contributed by atoms with Gasteiger partial charge in [0.2, 0.25) is 5.91 Å². The molecule has 114 valence electrons. The zero-order valence-corrected chi connectivity index (χ0v) is 12.8. The zero-order chi connectivity index (χ0) is 15.4. The van der Waals surface area contributed by atoms with Gasteiger partial charge in [-0.3, -0.25) is 14.5 Å². The molecule has 5 nitrogen and oxygen atoms in total. The molecule has 1 fully saturated rings. The van der Waals surface area contributed by atoms with Gasteiger partial charge in [0, 0.05) is 13.0 Å². The number of halogens is 2. The minimum atomic E-state index is -0.794. The lowest BCUT2D eigenvalue weighted by atomic mass is 10.1. The summed E-state index contributed by atoms with van der Waals surface area (Å²) in [6.07, 6.45) is 0.954.